The minimum absolute atomic E-state index is 0.532. The Morgan fingerprint density at radius 2 is 1.86 bits per heavy atom. The van der Waals surface area contributed by atoms with Crippen LogP contribution in [0.4, 0.5) is 0 Å². The molecule has 0 saturated heterocycles. The van der Waals surface area contributed by atoms with Crippen molar-refractivity contribution in [1.82, 2.24) is 5.32 Å². The van der Waals surface area contributed by atoms with Gasteiger partial charge < -0.3 is 14.8 Å². The SMILES string of the molecule is CCCCNCCOCCOc1ccccc1[C@@H](C)CC. The van der Waals surface area contributed by atoms with E-state index in [9.17, 15) is 0 Å². The first-order valence-corrected chi connectivity index (χ1v) is 8.29. The van der Waals surface area contributed by atoms with Crippen LogP contribution in [0.5, 0.6) is 5.75 Å². The van der Waals surface area contributed by atoms with E-state index in [1.54, 1.807) is 0 Å². The minimum Gasteiger partial charge on any atom is -0.491 e. The normalized spacial score (nSPS) is 12.3. The van der Waals surface area contributed by atoms with Crippen molar-refractivity contribution in [1.29, 1.82) is 0 Å². The second-order valence-electron chi connectivity index (χ2n) is 5.41. The third-order valence-corrected chi connectivity index (χ3v) is 3.68. The van der Waals surface area contributed by atoms with Crippen LogP contribution in [0.2, 0.25) is 0 Å². The molecule has 0 heterocycles. The van der Waals surface area contributed by atoms with E-state index in [-0.39, 0.29) is 0 Å². The topological polar surface area (TPSA) is 30.5 Å². The van der Waals surface area contributed by atoms with Gasteiger partial charge in [-0.2, -0.15) is 0 Å². The van der Waals surface area contributed by atoms with Gasteiger partial charge in [-0.15, -0.1) is 0 Å². The smallest absolute Gasteiger partial charge is 0.122 e. The Morgan fingerprint density at radius 3 is 2.62 bits per heavy atom. The highest BCUT2D eigenvalue weighted by Crippen LogP contribution is 2.28. The molecule has 0 radical (unpaired) electrons. The summed E-state index contributed by atoms with van der Waals surface area (Å²) in [5.74, 6) is 1.53. The summed E-state index contributed by atoms with van der Waals surface area (Å²) in [6.45, 7) is 10.7. The molecule has 0 saturated carbocycles. The van der Waals surface area contributed by atoms with Gasteiger partial charge in [0.05, 0.1) is 13.2 Å². The van der Waals surface area contributed by atoms with Crippen LogP contribution in [0, 0.1) is 0 Å². The van der Waals surface area contributed by atoms with Crippen LogP contribution in [-0.4, -0.2) is 32.9 Å². The summed E-state index contributed by atoms with van der Waals surface area (Å²) in [7, 11) is 0. The Bertz CT molecular complexity index is 368. The number of para-hydroxylation sites is 1. The van der Waals surface area contributed by atoms with Crippen molar-refractivity contribution in [2.75, 3.05) is 32.9 Å². The summed E-state index contributed by atoms with van der Waals surface area (Å²) in [6, 6.07) is 8.31. The van der Waals surface area contributed by atoms with Crippen LogP contribution in [0.1, 0.15) is 51.5 Å². The fourth-order valence-corrected chi connectivity index (χ4v) is 2.12. The lowest BCUT2D eigenvalue weighted by Crippen LogP contribution is -2.21. The van der Waals surface area contributed by atoms with E-state index in [1.165, 1.54) is 18.4 Å². The average molecular weight is 293 g/mol. The summed E-state index contributed by atoms with van der Waals surface area (Å²) >= 11 is 0. The number of benzene rings is 1. The van der Waals surface area contributed by atoms with Gasteiger partial charge in [-0.3, -0.25) is 0 Å². The first-order valence-electron chi connectivity index (χ1n) is 8.29. The van der Waals surface area contributed by atoms with Crippen molar-refractivity contribution in [3.8, 4) is 5.75 Å². The molecular formula is C18H31NO2. The predicted molar refractivity (Wildman–Crippen MR) is 89.2 cm³/mol. The highest BCUT2D eigenvalue weighted by atomic mass is 16.5. The molecule has 1 rings (SSSR count). The quantitative estimate of drug-likeness (QED) is 0.591. The highest BCUT2D eigenvalue weighted by Gasteiger charge is 2.08. The summed E-state index contributed by atoms with van der Waals surface area (Å²) in [6.07, 6.45) is 3.59. The maximum absolute atomic E-state index is 5.86. The lowest BCUT2D eigenvalue weighted by atomic mass is 9.98. The fraction of sp³-hybridized carbons (Fsp3) is 0.667. The lowest BCUT2D eigenvalue weighted by molar-refractivity contribution is 0.101. The van der Waals surface area contributed by atoms with Gasteiger partial charge in [0.1, 0.15) is 12.4 Å². The van der Waals surface area contributed by atoms with Crippen molar-refractivity contribution in [3.05, 3.63) is 29.8 Å². The molecule has 0 unspecified atom stereocenters. The van der Waals surface area contributed by atoms with Crippen LogP contribution in [0.25, 0.3) is 0 Å². The Balaban J connectivity index is 2.15. The number of rotatable bonds is 12. The molecule has 1 aromatic rings. The van der Waals surface area contributed by atoms with Crippen LogP contribution in [0.15, 0.2) is 24.3 Å². The molecule has 0 bridgehead atoms. The van der Waals surface area contributed by atoms with Crippen molar-refractivity contribution in [2.24, 2.45) is 0 Å². The largest absolute Gasteiger partial charge is 0.491 e. The van der Waals surface area contributed by atoms with Gasteiger partial charge in [0, 0.05) is 6.54 Å². The molecule has 3 nitrogen and oxygen atoms in total. The Hall–Kier alpha value is -1.06. The number of hydrogen-bond acceptors (Lipinski definition) is 3. The molecule has 0 aliphatic rings. The summed E-state index contributed by atoms with van der Waals surface area (Å²) < 4.78 is 11.4. The second kappa shape index (κ2) is 11.6. The van der Waals surface area contributed by atoms with E-state index < -0.39 is 0 Å². The molecule has 0 amide bonds. The molecule has 3 heteroatoms. The van der Waals surface area contributed by atoms with E-state index in [1.807, 2.05) is 12.1 Å². The van der Waals surface area contributed by atoms with Gasteiger partial charge in [0.15, 0.2) is 0 Å². The molecule has 21 heavy (non-hydrogen) atoms. The number of hydrogen-bond donors (Lipinski definition) is 1. The van der Waals surface area contributed by atoms with E-state index in [4.69, 9.17) is 9.47 Å². The number of unbranched alkanes of at least 4 members (excludes halogenated alkanes) is 1. The zero-order valence-corrected chi connectivity index (χ0v) is 13.9. The summed E-state index contributed by atoms with van der Waals surface area (Å²) in [5, 5.41) is 3.36. The maximum Gasteiger partial charge on any atom is 0.122 e. The Morgan fingerprint density at radius 1 is 1.05 bits per heavy atom. The minimum atomic E-state index is 0.532. The maximum atomic E-state index is 5.86. The van der Waals surface area contributed by atoms with Crippen molar-refractivity contribution < 1.29 is 9.47 Å². The molecule has 1 aromatic carbocycles. The molecule has 1 atom stereocenters. The molecule has 0 spiro atoms. The van der Waals surface area contributed by atoms with Crippen LogP contribution in [-0.2, 0) is 4.74 Å². The van der Waals surface area contributed by atoms with Gasteiger partial charge in [0.2, 0.25) is 0 Å². The molecule has 0 aliphatic heterocycles. The van der Waals surface area contributed by atoms with E-state index in [0.29, 0.717) is 19.1 Å². The monoisotopic (exact) mass is 293 g/mol. The van der Waals surface area contributed by atoms with E-state index >= 15 is 0 Å². The zero-order valence-electron chi connectivity index (χ0n) is 13.9. The first kappa shape index (κ1) is 18.0. The molecular weight excluding hydrogens is 262 g/mol. The molecule has 0 aromatic heterocycles. The van der Waals surface area contributed by atoms with Crippen LogP contribution < -0.4 is 10.1 Å². The molecule has 0 fully saturated rings. The van der Waals surface area contributed by atoms with Crippen LogP contribution >= 0.6 is 0 Å². The van der Waals surface area contributed by atoms with Gasteiger partial charge in [-0.05, 0) is 36.9 Å². The number of ether oxygens (including phenoxy) is 2. The predicted octanol–water partition coefficient (Wildman–Crippen LogP) is 3.99. The highest BCUT2D eigenvalue weighted by molar-refractivity contribution is 5.35. The second-order valence-corrected chi connectivity index (χ2v) is 5.41. The molecule has 120 valence electrons. The summed E-state index contributed by atoms with van der Waals surface area (Å²) in [4.78, 5) is 0. The summed E-state index contributed by atoms with van der Waals surface area (Å²) in [5.41, 5.74) is 1.29. The van der Waals surface area contributed by atoms with Gasteiger partial charge in [-0.25, -0.2) is 0 Å². The van der Waals surface area contributed by atoms with Gasteiger partial charge in [-0.1, -0.05) is 45.4 Å². The van der Waals surface area contributed by atoms with E-state index in [2.05, 4.69) is 38.2 Å². The van der Waals surface area contributed by atoms with Gasteiger partial charge in [0.25, 0.3) is 0 Å². The fourth-order valence-electron chi connectivity index (χ4n) is 2.12. The van der Waals surface area contributed by atoms with Crippen LogP contribution in [0.3, 0.4) is 0 Å². The van der Waals surface area contributed by atoms with Gasteiger partial charge >= 0.3 is 0 Å². The standard InChI is InChI=1S/C18H31NO2/c1-4-6-11-19-12-13-20-14-15-21-18-10-8-7-9-17(18)16(3)5-2/h7-10,16,19H,4-6,11-15H2,1-3H3/t16-/m0/s1. The Kier molecular flexibility index (Phi) is 9.92. The van der Waals surface area contributed by atoms with Crippen molar-refractivity contribution in [3.63, 3.8) is 0 Å². The lowest BCUT2D eigenvalue weighted by Gasteiger charge is -2.15. The third-order valence-electron chi connectivity index (χ3n) is 3.68. The van der Waals surface area contributed by atoms with Crippen molar-refractivity contribution >= 4 is 0 Å². The Labute approximate surface area is 130 Å². The molecule has 1 N–H and O–H groups in total. The molecule has 0 aliphatic carbocycles. The number of nitrogens with one attached hydrogen (secondary N) is 1. The first-order chi connectivity index (χ1) is 10.3. The van der Waals surface area contributed by atoms with E-state index in [0.717, 1.165) is 31.9 Å². The third kappa shape index (κ3) is 7.49. The van der Waals surface area contributed by atoms with Crippen molar-refractivity contribution in [2.45, 2.75) is 46.0 Å². The zero-order chi connectivity index (χ0) is 15.3. The average Bonchev–Trinajstić information content (AvgIpc) is 2.53.